The monoisotopic (exact) mass is 324 g/mol. The molecule has 0 aliphatic carbocycles. The molecule has 0 spiro atoms. The lowest BCUT2D eigenvalue weighted by Gasteiger charge is -1.99. The molecule has 0 aromatic heterocycles. The van der Waals surface area contributed by atoms with E-state index in [4.69, 9.17) is 5.11 Å². The summed E-state index contributed by atoms with van der Waals surface area (Å²) in [7, 11) is 0. The molecular weight excluding hydrogens is 284 g/mol. The second kappa shape index (κ2) is 23.2. The van der Waals surface area contributed by atoms with Gasteiger partial charge < -0.3 is 5.11 Å². The van der Waals surface area contributed by atoms with Gasteiger partial charge in [-0.05, 0) is 39.0 Å². The van der Waals surface area contributed by atoms with E-state index in [1.54, 1.807) is 6.08 Å². The van der Waals surface area contributed by atoms with Crippen molar-refractivity contribution >= 4 is 5.97 Å². The van der Waals surface area contributed by atoms with E-state index in [-0.39, 0.29) is 0 Å². The number of unbranched alkanes of at least 4 members (excludes halogenated alkanes) is 11. The fraction of sp³-hybridized carbons (Fsp3) is 0.762. The van der Waals surface area contributed by atoms with Gasteiger partial charge in [0.2, 0.25) is 0 Å². The third-order valence-corrected chi connectivity index (χ3v) is 3.65. The summed E-state index contributed by atoms with van der Waals surface area (Å²) < 4.78 is 0. The molecule has 0 heterocycles. The Kier molecular flexibility index (Phi) is 24.4. The number of rotatable bonds is 15. The number of hydrogen-bond acceptors (Lipinski definition) is 1. The molecule has 0 aliphatic heterocycles. The highest BCUT2D eigenvalue weighted by atomic mass is 16.4. The molecule has 0 atom stereocenters. The number of carboxylic acid groups (broad SMARTS) is 1. The molecule has 0 unspecified atom stereocenters. The average molecular weight is 325 g/mol. The van der Waals surface area contributed by atoms with E-state index in [1.807, 2.05) is 6.92 Å². The highest BCUT2D eigenvalue weighted by molar-refractivity contribution is 5.66. The molecule has 1 N–H and O–H groups in total. The Hall–Kier alpha value is -1.05. The van der Waals surface area contributed by atoms with E-state index in [1.165, 1.54) is 70.6 Å². The minimum absolute atomic E-state index is 0.332. The van der Waals surface area contributed by atoms with Gasteiger partial charge in [0.15, 0.2) is 0 Å². The molecule has 136 valence electrons. The highest BCUT2D eigenvalue weighted by Crippen LogP contribution is 2.09. The van der Waals surface area contributed by atoms with Crippen LogP contribution in [0.25, 0.3) is 0 Å². The minimum Gasteiger partial charge on any atom is -0.481 e. The molecule has 0 aliphatic rings. The zero-order valence-electron chi connectivity index (χ0n) is 15.7. The lowest BCUT2D eigenvalue weighted by Crippen LogP contribution is -1.93. The van der Waals surface area contributed by atoms with Crippen molar-refractivity contribution in [3.05, 3.63) is 24.8 Å². The van der Waals surface area contributed by atoms with Crippen LogP contribution in [-0.2, 0) is 4.79 Å². The summed E-state index contributed by atoms with van der Waals surface area (Å²) in [5.41, 5.74) is 0. The van der Waals surface area contributed by atoms with Crippen LogP contribution in [0.4, 0.5) is 0 Å². The molecule has 0 aromatic carbocycles. The number of hydrogen-bond donors (Lipinski definition) is 1. The first-order valence-corrected chi connectivity index (χ1v) is 9.62. The van der Waals surface area contributed by atoms with Gasteiger partial charge in [0.05, 0.1) is 0 Å². The predicted molar refractivity (Wildman–Crippen MR) is 103 cm³/mol. The van der Waals surface area contributed by atoms with Crippen LogP contribution in [0.2, 0.25) is 0 Å². The van der Waals surface area contributed by atoms with Crippen LogP contribution in [0.3, 0.4) is 0 Å². The van der Waals surface area contributed by atoms with Crippen molar-refractivity contribution in [2.45, 2.75) is 104 Å². The van der Waals surface area contributed by atoms with Gasteiger partial charge in [0.25, 0.3) is 0 Å². The summed E-state index contributed by atoms with van der Waals surface area (Å²) in [6.07, 6.45) is 23.0. The molecule has 2 nitrogen and oxygen atoms in total. The molecule has 0 fully saturated rings. The van der Waals surface area contributed by atoms with E-state index < -0.39 is 5.97 Å². The number of allylic oxidation sites excluding steroid dienone is 3. The summed E-state index contributed by atoms with van der Waals surface area (Å²) in [5, 5.41) is 8.51. The maximum atomic E-state index is 10.3. The summed E-state index contributed by atoms with van der Waals surface area (Å²) in [5.74, 6) is -0.664. The molecule has 0 amide bonds. The van der Waals surface area contributed by atoms with Crippen molar-refractivity contribution in [1.82, 2.24) is 0 Å². The fourth-order valence-corrected chi connectivity index (χ4v) is 2.35. The molecule has 0 radical (unpaired) electrons. The Morgan fingerprint density at radius 2 is 1.22 bits per heavy atom. The molecule has 0 aromatic rings. The molecule has 0 saturated heterocycles. The minimum atomic E-state index is -0.664. The maximum Gasteiger partial charge on any atom is 0.303 e. The summed E-state index contributed by atoms with van der Waals surface area (Å²) in [6, 6.07) is 0. The van der Waals surface area contributed by atoms with Crippen LogP contribution in [0.5, 0.6) is 0 Å². The molecule has 0 bridgehead atoms. The molecule has 0 saturated carbocycles. The maximum absolute atomic E-state index is 10.3. The van der Waals surface area contributed by atoms with E-state index >= 15 is 0 Å². The average Bonchev–Trinajstić information content (AvgIpc) is 2.51. The molecule has 23 heavy (non-hydrogen) atoms. The van der Waals surface area contributed by atoms with Gasteiger partial charge in [0, 0.05) is 6.42 Å². The largest absolute Gasteiger partial charge is 0.481 e. The number of carbonyl (C=O) groups is 1. The predicted octanol–water partition coefficient (Wildman–Crippen LogP) is 7.30. The van der Waals surface area contributed by atoms with Crippen LogP contribution in [0.1, 0.15) is 104 Å². The normalized spacial score (nSPS) is 10.3. The zero-order valence-corrected chi connectivity index (χ0v) is 15.7. The summed E-state index contributed by atoms with van der Waals surface area (Å²) >= 11 is 0. The quantitative estimate of drug-likeness (QED) is 0.253. The van der Waals surface area contributed by atoms with Crippen molar-refractivity contribution in [1.29, 1.82) is 0 Å². The smallest absolute Gasteiger partial charge is 0.303 e. The van der Waals surface area contributed by atoms with Crippen LogP contribution in [-0.4, -0.2) is 11.1 Å². The number of aliphatic carboxylic acids is 1. The molecule has 2 heteroatoms. The van der Waals surface area contributed by atoms with Crippen molar-refractivity contribution in [3.8, 4) is 0 Å². The Morgan fingerprint density at radius 1 is 0.826 bits per heavy atom. The Labute approximate surface area is 145 Å². The van der Waals surface area contributed by atoms with Crippen LogP contribution < -0.4 is 0 Å². The van der Waals surface area contributed by atoms with Gasteiger partial charge in [-0.2, -0.15) is 0 Å². The van der Waals surface area contributed by atoms with E-state index in [2.05, 4.69) is 25.7 Å². The SMILES string of the molecule is C=CC.CCCCCCCC/C=C\CCCCCCCC(=O)O. The first-order valence-electron chi connectivity index (χ1n) is 9.62. The Balaban J connectivity index is 0. The van der Waals surface area contributed by atoms with Crippen LogP contribution in [0, 0.1) is 0 Å². The second-order valence-electron chi connectivity index (χ2n) is 6.14. The van der Waals surface area contributed by atoms with E-state index in [9.17, 15) is 4.79 Å². The van der Waals surface area contributed by atoms with Gasteiger partial charge in [-0.1, -0.05) is 76.5 Å². The van der Waals surface area contributed by atoms with Crippen molar-refractivity contribution in [3.63, 3.8) is 0 Å². The van der Waals surface area contributed by atoms with Gasteiger partial charge in [0.1, 0.15) is 0 Å². The third kappa shape index (κ3) is 29.6. The zero-order chi connectivity index (χ0) is 17.6. The summed E-state index contributed by atoms with van der Waals surface area (Å²) in [6.45, 7) is 7.51. The second-order valence-corrected chi connectivity index (χ2v) is 6.14. The number of carboxylic acids is 1. The first-order chi connectivity index (χ1) is 11.2. The molecule has 0 rings (SSSR count). The third-order valence-electron chi connectivity index (χ3n) is 3.65. The van der Waals surface area contributed by atoms with Gasteiger partial charge in [-0.15, -0.1) is 6.58 Å². The fourth-order valence-electron chi connectivity index (χ4n) is 2.35. The standard InChI is InChI=1S/C18H34O2.C3H6/c1-2-3-4-5-6-7-8-9-10-11-12-13-14-15-16-17-18(19)20;1-3-2/h9-10H,2-8,11-17H2,1H3,(H,19,20);3H,1H2,2H3/b10-9-;. The highest BCUT2D eigenvalue weighted by Gasteiger charge is 1.95. The van der Waals surface area contributed by atoms with Crippen molar-refractivity contribution in [2.75, 3.05) is 0 Å². The lowest BCUT2D eigenvalue weighted by atomic mass is 10.1. The van der Waals surface area contributed by atoms with Crippen LogP contribution in [0.15, 0.2) is 24.8 Å². The topological polar surface area (TPSA) is 37.3 Å². The van der Waals surface area contributed by atoms with Gasteiger partial charge >= 0.3 is 5.97 Å². The van der Waals surface area contributed by atoms with E-state index in [0.717, 1.165) is 12.8 Å². The van der Waals surface area contributed by atoms with Crippen molar-refractivity contribution < 1.29 is 9.90 Å². The Bertz CT molecular complexity index is 269. The first kappa shape index (κ1) is 24.2. The van der Waals surface area contributed by atoms with Crippen molar-refractivity contribution in [2.24, 2.45) is 0 Å². The van der Waals surface area contributed by atoms with Crippen LogP contribution >= 0.6 is 0 Å². The summed E-state index contributed by atoms with van der Waals surface area (Å²) in [4.78, 5) is 10.3. The Morgan fingerprint density at radius 3 is 1.65 bits per heavy atom. The molecular formula is C21H40O2. The van der Waals surface area contributed by atoms with E-state index in [0.29, 0.717) is 6.42 Å². The lowest BCUT2D eigenvalue weighted by molar-refractivity contribution is -0.137. The van der Waals surface area contributed by atoms with Gasteiger partial charge in [-0.3, -0.25) is 4.79 Å². The van der Waals surface area contributed by atoms with Gasteiger partial charge in [-0.25, -0.2) is 0 Å².